The molecule has 2 rings (SSSR count). The number of hydrogen-bond donors (Lipinski definition) is 3. The van der Waals surface area contributed by atoms with Gasteiger partial charge in [0.1, 0.15) is 17.1 Å². The number of thioether (sulfide) groups is 1. The second-order valence-electron chi connectivity index (χ2n) is 4.02. The van der Waals surface area contributed by atoms with Crippen LogP contribution in [-0.4, -0.2) is 62.9 Å². The smallest absolute Gasteiger partial charge is 0.353 e. The Kier molecular flexibility index (Phi) is 3.95. The Morgan fingerprint density at radius 3 is 2.85 bits per heavy atom. The molecule has 0 spiro atoms. The number of β-lactam (4-membered cyclic amide) rings is 1. The third kappa shape index (κ3) is 2.47. The highest BCUT2D eigenvalue weighted by atomic mass is 32.2. The predicted octanol–water partition coefficient (Wildman–Crippen LogP) is -1.35. The number of carbonyl (C=O) groups is 3. The number of oxime groups is 1. The van der Waals surface area contributed by atoms with Gasteiger partial charge in [0.15, 0.2) is 0 Å². The molecule has 108 valence electrons. The van der Waals surface area contributed by atoms with Crippen molar-refractivity contribution >= 4 is 35.8 Å². The quantitative estimate of drug-likeness (QED) is 0.321. The first-order chi connectivity index (χ1) is 9.43. The molecule has 2 heterocycles. The average molecular weight is 301 g/mol. The zero-order valence-corrected chi connectivity index (χ0v) is 10.9. The van der Waals surface area contributed by atoms with E-state index in [9.17, 15) is 19.5 Å². The summed E-state index contributed by atoms with van der Waals surface area (Å²) >= 11 is 1.31. The zero-order chi connectivity index (χ0) is 14.9. The van der Waals surface area contributed by atoms with Crippen LogP contribution in [0.5, 0.6) is 0 Å². The molecule has 20 heavy (non-hydrogen) atoms. The molecule has 10 heteroatoms. The van der Waals surface area contributed by atoms with Crippen LogP contribution in [0.3, 0.4) is 0 Å². The second-order valence-corrected chi connectivity index (χ2v) is 5.12. The number of nitrogens with two attached hydrogens (primary N) is 1. The van der Waals surface area contributed by atoms with Gasteiger partial charge in [-0.25, -0.2) is 9.59 Å². The minimum atomic E-state index is -1.27. The van der Waals surface area contributed by atoms with E-state index in [4.69, 9.17) is 10.8 Å². The molecule has 0 radical (unpaired) electrons. The van der Waals surface area contributed by atoms with Crippen LogP contribution in [-0.2, 0) is 19.2 Å². The van der Waals surface area contributed by atoms with Crippen molar-refractivity contribution in [1.82, 2.24) is 4.90 Å². The van der Waals surface area contributed by atoms with Gasteiger partial charge >= 0.3 is 11.9 Å². The standard InChI is InChI=1S/C10H11N3O6S/c11-6-8(16)13-7(10(17)18)4(3-20-9(6)13)1-12-19-2-5(14)15/h1,6,9H,2-3,11H2,(H,14,15)(H,17,18)/b12-1+/t6?,9-/m1/s1. The number of carbonyl (C=O) groups excluding carboxylic acids is 1. The van der Waals surface area contributed by atoms with Gasteiger partial charge in [0.2, 0.25) is 12.5 Å². The van der Waals surface area contributed by atoms with Gasteiger partial charge in [-0.1, -0.05) is 5.16 Å². The molecule has 0 aliphatic carbocycles. The van der Waals surface area contributed by atoms with Gasteiger partial charge in [-0.05, 0) is 0 Å². The van der Waals surface area contributed by atoms with Crippen molar-refractivity contribution in [2.75, 3.05) is 12.4 Å². The van der Waals surface area contributed by atoms with E-state index in [1.54, 1.807) is 0 Å². The van der Waals surface area contributed by atoms with Crippen LogP contribution in [0.15, 0.2) is 16.4 Å². The fourth-order valence-electron chi connectivity index (χ4n) is 1.83. The minimum absolute atomic E-state index is 0.192. The van der Waals surface area contributed by atoms with Crippen molar-refractivity contribution in [3.8, 4) is 0 Å². The van der Waals surface area contributed by atoms with Crippen LogP contribution in [0.25, 0.3) is 0 Å². The summed E-state index contributed by atoms with van der Waals surface area (Å²) in [4.78, 5) is 38.7. The van der Waals surface area contributed by atoms with Crippen LogP contribution in [0.1, 0.15) is 0 Å². The minimum Gasteiger partial charge on any atom is -0.479 e. The van der Waals surface area contributed by atoms with Gasteiger partial charge in [0.05, 0.1) is 6.21 Å². The van der Waals surface area contributed by atoms with Gasteiger partial charge in [0, 0.05) is 11.3 Å². The second kappa shape index (κ2) is 5.51. The van der Waals surface area contributed by atoms with Crippen LogP contribution in [0.4, 0.5) is 0 Å². The molecule has 4 N–H and O–H groups in total. The summed E-state index contributed by atoms with van der Waals surface area (Å²) in [5.74, 6) is -2.63. The Morgan fingerprint density at radius 1 is 1.55 bits per heavy atom. The molecular formula is C10H11N3O6S. The number of carboxylic acids is 2. The van der Waals surface area contributed by atoms with Crippen molar-refractivity contribution < 1.29 is 29.4 Å². The fourth-order valence-corrected chi connectivity index (χ4v) is 3.08. The van der Waals surface area contributed by atoms with E-state index in [0.717, 1.165) is 11.1 Å². The maximum atomic E-state index is 11.6. The SMILES string of the molecule is NC1C(=O)N2C(C(=O)O)=C(/C=N/OCC(=O)O)CS[C@H]12. The molecular weight excluding hydrogens is 290 g/mol. The molecule has 2 aliphatic rings. The van der Waals surface area contributed by atoms with Gasteiger partial charge in [-0.15, -0.1) is 11.8 Å². The zero-order valence-electron chi connectivity index (χ0n) is 10.1. The third-order valence-corrected chi connectivity index (χ3v) is 4.04. The molecule has 0 aromatic heterocycles. The predicted molar refractivity (Wildman–Crippen MR) is 67.8 cm³/mol. The van der Waals surface area contributed by atoms with Crippen molar-refractivity contribution in [1.29, 1.82) is 0 Å². The molecule has 1 unspecified atom stereocenters. The fraction of sp³-hybridized carbons (Fsp3) is 0.400. The highest BCUT2D eigenvalue weighted by molar-refractivity contribution is 8.00. The maximum Gasteiger partial charge on any atom is 0.353 e. The molecule has 0 aromatic carbocycles. The molecule has 2 atom stereocenters. The van der Waals surface area contributed by atoms with E-state index in [1.165, 1.54) is 11.8 Å². The highest BCUT2D eigenvalue weighted by Gasteiger charge is 2.51. The van der Waals surface area contributed by atoms with Crippen LogP contribution in [0, 0.1) is 0 Å². The van der Waals surface area contributed by atoms with Crippen molar-refractivity contribution in [3.63, 3.8) is 0 Å². The summed E-state index contributed by atoms with van der Waals surface area (Å²) in [5.41, 5.74) is 5.66. The summed E-state index contributed by atoms with van der Waals surface area (Å²) in [6, 6.07) is -0.698. The Bertz CT molecular complexity index is 531. The summed E-state index contributed by atoms with van der Waals surface area (Å²) in [6.45, 7) is -0.629. The van der Waals surface area contributed by atoms with E-state index in [-0.39, 0.29) is 16.6 Å². The van der Waals surface area contributed by atoms with E-state index < -0.39 is 30.5 Å². The molecule has 1 saturated heterocycles. The first-order valence-electron chi connectivity index (χ1n) is 5.47. The Balaban J connectivity index is 2.18. The monoisotopic (exact) mass is 301 g/mol. The average Bonchev–Trinajstić information content (AvgIpc) is 2.41. The van der Waals surface area contributed by atoms with E-state index >= 15 is 0 Å². The normalized spacial score (nSPS) is 25.4. The van der Waals surface area contributed by atoms with E-state index in [2.05, 4.69) is 9.99 Å². The lowest BCUT2D eigenvalue weighted by atomic mass is 10.0. The number of amides is 1. The number of aliphatic carboxylic acids is 2. The number of fused-ring (bicyclic) bond motifs is 1. The molecule has 1 fully saturated rings. The largest absolute Gasteiger partial charge is 0.479 e. The summed E-state index contributed by atoms with van der Waals surface area (Å²) in [6.07, 6.45) is 1.10. The molecule has 0 bridgehead atoms. The van der Waals surface area contributed by atoms with Gasteiger partial charge in [-0.2, -0.15) is 0 Å². The molecule has 0 saturated carbocycles. The van der Waals surface area contributed by atoms with Crippen LogP contribution < -0.4 is 5.73 Å². The topological polar surface area (TPSA) is 143 Å². The Hall–Kier alpha value is -2.07. The molecule has 9 nitrogen and oxygen atoms in total. The third-order valence-electron chi connectivity index (χ3n) is 2.71. The highest BCUT2D eigenvalue weighted by Crippen LogP contribution is 2.38. The number of hydrogen-bond acceptors (Lipinski definition) is 7. The molecule has 0 aromatic rings. The van der Waals surface area contributed by atoms with Gasteiger partial charge in [0.25, 0.3) is 0 Å². The van der Waals surface area contributed by atoms with Gasteiger partial charge in [-0.3, -0.25) is 9.69 Å². The van der Waals surface area contributed by atoms with Crippen LogP contribution >= 0.6 is 11.8 Å². The maximum absolute atomic E-state index is 11.6. The Morgan fingerprint density at radius 2 is 2.25 bits per heavy atom. The molecule has 1 amide bonds. The van der Waals surface area contributed by atoms with E-state index in [0.29, 0.717) is 5.75 Å². The Labute approximate surface area is 117 Å². The lowest BCUT2D eigenvalue weighted by Crippen LogP contribution is -2.68. The lowest BCUT2D eigenvalue weighted by molar-refractivity contribution is -0.147. The van der Waals surface area contributed by atoms with Crippen LogP contribution in [0.2, 0.25) is 0 Å². The first-order valence-corrected chi connectivity index (χ1v) is 6.52. The summed E-state index contributed by atoms with van der Waals surface area (Å²) < 4.78 is 0. The van der Waals surface area contributed by atoms with Crippen molar-refractivity contribution in [2.24, 2.45) is 10.9 Å². The molecule has 2 aliphatic heterocycles. The van der Waals surface area contributed by atoms with E-state index in [1.807, 2.05) is 0 Å². The lowest BCUT2D eigenvalue weighted by Gasteiger charge is -2.47. The summed E-state index contributed by atoms with van der Waals surface area (Å²) in [7, 11) is 0. The van der Waals surface area contributed by atoms with Gasteiger partial charge < -0.3 is 20.8 Å². The van der Waals surface area contributed by atoms with Crippen molar-refractivity contribution in [3.05, 3.63) is 11.3 Å². The summed E-state index contributed by atoms with van der Waals surface area (Å²) in [5, 5.41) is 20.5. The first kappa shape index (κ1) is 14.3. The number of carboxylic acid groups (broad SMARTS) is 2. The number of nitrogens with zero attached hydrogens (tertiary/aromatic N) is 2. The number of rotatable bonds is 5. The van der Waals surface area contributed by atoms with Crippen molar-refractivity contribution in [2.45, 2.75) is 11.4 Å².